The van der Waals surface area contributed by atoms with E-state index >= 15 is 0 Å². The molecule has 0 aliphatic rings. The summed E-state index contributed by atoms with van der Waals surface area (Å²) >= 11 is 1.67. The van der Waals surface area contributed by atoms with Gasteiger partial charge in [-0.15, -0.1) is 11.3 Å². The van der Waals surface area contributed by atoms with Crippen molar-refractivity contribution in [1.29, 1.82) is 0 Å². The fraction of sp³-hybridized carbons (Fsp3) is 0.158. The number of hydrogen-bond acceptors (Lipinski definition) is 3. The Morgan fingerprint density at radius 2 is 1.87 bits per heavy atom. The summed E-state index contributed by atoms with van der Waals surface area (Å²) in [6.07, 6.45) is 0.321. The van der Waals surface area contributed by atoms with E-state index < -0.39 is 0 Å². The average molecular weight is 322 g/mol. The number of carbonyl (C=O) groups excluding carboxylic acids is 1. The van der Waals surface area contributed by atoms with Gasteiger partial charge >= 0.3 is 0 Å². The van der Waals surface area contributed by atoms with Crippen molar-refractivity contribution in [3.63, 3.8) is 0 Å². The van der Waals surface area contributed by atoms with Crippen molar-refractivity contribution in [2.75, 3.05) is 0 Å². The Bertz CT molecular complexity index is 874. The Labute approximate surface area is 139 Å². The van der Waals surface area contributed by atoms with Crippen LogP contribution in [0.1, 0.15) is 22.2 Å². The van der Waals surface area contributed by atoms with E-state index in [2.05, 4.69) is 35.7 Å². The van der Waals surface area contributed by atoms with E-state index in [1.54, 1.807) is 11.3 Å². The molecule has 3 aromatic rings. The van der Waals surface area contributed by atoms with Crippen LogP contribution in [0.25, 0.3) is 10.8 Å². The fourth-order valence-corrected chi connectivity index (χ4v) is 3.30. The van der Waals surface area contributed by atoms with Crippen molar-refractivity contribution in [2.24, 2.45) is 5.10 Å². The van der Waals surface area contributed by atoms with Gasteiger partial charge in [-0.05, 0) is 42.3 Å². The van der Waals surface area contributed by atoms with Gasteiger partial charge in [0.2, 0.25) is 5.91 Å². The van der Waals surface area contributed by atoms with Crippen LogP contribution in [0.3, 0.4) is 0 Å². The van der Waals surface area contributed by atoms with E-state index in [0.29, 0.717) is 6.42 Å². The van der Waals surface area contributed by atoms with E-state index in [4.69, 9.17) is 0 Å². The molecule has 0 saturated carbocycles. The first-order valence-corrected chi connectivity index (χ1v) is 8.32. The van der Waals surface area contributed by atoms with Gasteiger partial charge < -0.3 is 0 Å². The van der Waals surface area contributed by atoms with Crippen LogP contribution < -0.4 is 5.43 Å². The summed E-state index contributed by atoms with van der Waals surface area (Å²) in [7, 11) is 0. The molecule has 0 aliphatic carbocycles. The quantitative estimate of drug-likeness (QED) is 0.565. The Kier molecular flexibility index (Phi) is 4.53. The molecule has 0 atom stereocenters. The van der Waals surface area contributed by atoms with Crippen LogP contribution in [0.4, 0.5) is 0 Å². The van der Waals surface area contributed by atoms with E-state index in [0.717, 1.165) is 26.9 Å². The molecule has 0 spiro atoms. The number of hydrogen-bond donors (Lipinski definition) is 1. The summed E-state index contributed by atoms with van der Waals surface area (Å²) in [6.45, 7) is 3.96. The van der Waals surface area contributed by atoms with Gasteiger partial charge in [-0.25, -0.2) is 5.43 Å². The zero-order chi connectivity index (χ0) is 16.2. The van der Waals surface area contributed by atoms with Crippen molar-refractivity contribution >= 4 is 33.7 Å². The predicted molar refractivity (Wildman–Crippen MR) is 97.1 cm³/mol. The molecule has 3 nitrogen and oxygen atoms in total. The number of nitrogens with one attached hydrogen (secondary N) is 1. The van der Waals surface area contributed by atoms with E-state index in [1.165, 1.54) is 4.88 Å². The largest absolute Gasteiger partial charge is 0.273 e. The number of carbonyl (C=O) groups is 1. The van der Waals surface area contributed by atoms with Crippen LogP contribution in [-0.4, -0.2) is 11.6 Å². The van der Waals surface area contributed by atoms with Crippen LogP contribution >= 0.6 is 11.3 Å². The highest BCUT2D eigenvalue weighted by molar-refractivity contribution is 7.14. The third-order valence-electron chi connectivity index (χ3n) is 3.68. The molecule has 0 radical (unpaired) electrons. The van der Waals surface area contributed by atoms with Gasteiger partial charge in [0, 0.05) is 4.88 Å². The van der Waals surface area contributed by atoms with Crippen LogP contribution in [0.15, 0.2) is 59.7 Å². The zero-order valence-corrected chi connectivity index (χ0v) is 14.0. The highest BCUT2D eigenvalue weighted by Gasteiger charge is 2.07. The number of thiophene rings is 1. The molecule has 4 heteroatoms. The number of aryl methyl sites for hydroxylation is 1. The summed E-state index contributed by atoms with van der Waals surface area (Å²) in [5.41, 5.74) is 4.50. The molecule has 116 valence electrons. The lowest BCUT2D eigenvalue weighted by Gasteiger charge is -2.06. The number of fused-ring (bicyclic) bond motifs is 1. The first-order valence-electron chi connectivity index (χ1n) is 7.50. The van der Waals surface area contributed by atoms with E-state index in [9.17, 15) is 4.79 Å². The lowest BCUT2D eigenvalue weighted by atomic mass is 10.0. The summed E-state index contributed by atoms with van der Waals surface area (Å²) in [5, 5.41) is 6.47. The highest BCUT2D eigenvalue weighted by atomic mass is 32.1. The molecule has 0 bridgehead atoms. The highest BCUT2D eigenvalue weighted by Crippen LogP contribution is 2.19. The molecule has 0 aliphatic heterocycles. The number of hydrazone groups is 1. The molecular weight excluding hydrogens is 304 g/mol. The SMILES string of the molecule is CC(=NNC(=O)Cc1cccc2ccccc12)c1ccc(C)s1. The zero-order valence-electron chi connectivity index (χ0n) is 13.2. The molecule has 0 unspecified atom stereocenters. The molecular formula is C19H18N2OS. The van der Waals surface area contributed by atoms with Crippen LogP contribution in [-0.2, 0) is 11.2 Å². The van der Waals surface area contributed by atoms with Crippen molar-refractivity contribution in [3.8, 4) is 0 Å². The van der Waals surface area contributed by atoms with Gasteiger partial charge in [-0.2, -0.15) is 5.10 Å². The fourth-order valence-electron chi connectivity index (χ4n) is 2.49. The summed E-state index contributed by atoms with van der Waals surface area (Å²) in [4.78, 5) is 14.5. The second-order valence-corrected chi connectivity index (χ2v) is 6.75. The van der Waals surface area contributed by atoms with Crippen molar-refractivity contribution < 1.29 is 4.79 Å². The second kappa shape index (κ2) is 6.75. The Morgan fingerprint density at radius 1 is 1.09 bits per heavy atom. The van der Waals surface area contributed by atoms with Crippen LogP contribution in [0, 0.1) is 6.92 Å². The maximum absolute atomic E-state index is 12.2. The molecule has 0 saturated heterocycles. The average Bonchev–Trinajstić information content (AvgIpc) is 2.99. The number of nitrogens with zero attached hydrogens (tertiary/aromatic N) is 1. The molecule has 2 aromatic carbocycles. The minimum absolute atomic E-state index is 0.103. The second-order valence-electron chi connectivity index (χ2n) is 5.46. The third-order valence-corrected chi connectivity index (χ3v) is 4.79. The molecule has 3 rings (SSSR count). The minimum atomic E-state index is -0.103. The summed E-state index contributed by atoms with van der Waals surface area (Å²) < 4.78 is 0. The molecule has 0 fully saturated rings. The normalized spacial score (nSPS) is 11.7. The van der Waals surface area contributed by atoms with Gasteiger partial charge in [-0.1, -0.05) is 42.5 Å². The smallest absolute Gasteiger partial charge is 0.244 e. The van der Waals surface area contributed by atoms with Crippen LogP contribution in [0.5, 0.6) is 0 Å². The lowest BCUT2D eigenvalue weighted by Crippen LogP contribution is -2.21. The van der Waals surface area contributed by atoms with E-state index in [1.807, 2.05) is 43.3 Å². The van der Waals surface area contributed by atoms with Crippen molar-refractivity contribution in [1.82, 2.24) is 5.43 Å². The third kappa shape index (κ3) is 3.66. The minimum Gasteiger partial charge on any atom is -0.273 e. The number of amides is 1. The monoisotopic (exact) mass is 322 g/mol. The van der Waals surface area contributed by atoms with Crippen LogP contribution in [0.2, 0.25) is 0 Å². The Morgan fingerprint density at radius 3 is 2.65 bits per heavy atom. The predicted octanol–water partition coefficient (Wildman–Crippen LogP) is 4.29. The number of benzene rings is 2. The maximum Gasteiger partial charge on any atom is 0.244 e. The van der Waals surface area contributed by atoms with Gasteiger partial charge in [0.05, 0.1) is 17.0 Å². The Hall–Kier alpha value is -2.46. The summed E-state index contributed by atoms with van der Waals surface area (Å²) in [6, 6.07) is 18.2. The molecule has 1 N–H and O–H groups in total. The van der Waals surface area contributed by atoms with Gasteiger partial charge in [0.1, 0.15) is 0 Å². The standard InChI is InChI=1S/C19H18N2OS/c1-13-10-11-18(23-13)14(2)20-21-19(22)12-16-8-5-7-15-6-3-4-9-17(15)16/h3-11H,12H2,1-2H3,(H,21,22). The molecule has 1 amide bonds. The first-order chi connectivity index (χ1) is 11.1. The topological polar surface area (TPSA) is 41.5 Å². The lowest BCUT2D eigenvalue weighted by molar-refractivity contribution is -0.120. The first kappa shape index (κ1) is 15.4. The summed E-state index contributed by atoms with van der Waals surface area (Å²) in [5.74, 6) is -0.103. The number of rotatable bonds is 4. The van der Waals surface area contributed by atoms with E-state index in [-0.39, 0.29) is 5.91 Å². The molecule has 1 heterocycles. The molecule has 1 aromatic heterocycles. The van der Waals surface area contributed by atoms with Gasteiger partial charge in [0.15, 0.2) is 0 Å². The van der Waals surface area contributed by atoms with Crippen molar-refractivity contribution in [3.05, 3.63) is 69.9 Å². The van der Waals surface area contributed by atoms with Gasteiger partial charge in [0.25, 0.3) is 0 Å². The molecule has 23 heavy (non-hydrogen) atoms. The maximum atomic E-state index is 12.2. The Balaban J connectivity index is 1.72. The van der Waals surface area contributed by atoms with Crippen molar-refractivity contribution in [2.45, 2.75) is 20.3 Å². The van der Waals surface area contributed by atoms with Gasteiger partial charge in [-0.3, -0.25) is 4.79 Å².